The molecule has 3 aliphatic rings. The van der Waals surface area contributed by atoms with Crippen LogP contribution in [0.3, 0.4) is 0 Å². The van der Waals surface area contributed by atoms with Gasteiger partial charge in [-0.1, -0.05) is 18.2 Å². The van der Waals surface area contributed by atoms with Crippen molar-refractivity contribution in [3.63, 3.8) is 0 Å². The Morgan fingerprint density at radius 1 is 1.00 bits per heavy atom. The number of halogens is 2. The van der Waals surface area contributed by atoms with Gasteiger partial charge < -0.3 is 16.0 Å². The summed E-state index contributed by atoms with van der Waals surface area (Å²) >= 11 is 0. The smallest absolute Gasteiger partial charge is 0.225 e. The summed E-state index contributed by atoms with van der Waals surface area (Å²) in [6, 6.07) is 10.9. The largest absolute Gasteiger partial charge is 0.371 e. The number of hydrogen-bond donors (Lipinski definition) is 2. The maximum absolute atomic E-state index is 12.7. The Labute approximate surface area is 162 Å². The highest BCUT2D eigenvalue weighted by Gasteiger charge is 2.49. The molecule has 4 rings (SSSR count). The van der Waals surface area contributed by atoms with Crippen molar-refractivity contribution in [1.29, 1.82) is 0 Å². The Morgan fingerprint density at radius 3 is 2.24 bits per heavy atom. The van der Waals surface area contributed by atoms with E-state index < -0.39 is 0 Å². The highest BCUT2D eigenvalue weighted by atomic mass is 35.5. The van der Waals surface area contributed by atoms with E-state index in [2.05, 4.69) is 40.5 Å². The molecule has 2 bridgehead atoms. The van der Waals surface area contributed by atoms with Crippen LogP contribution < -0.4 is 16.0 Å². The molecule has 1 amide bonds. The van der Waals surface area contributed by atoms with Crippen LogP contribution in [0.1, 0.15) is 32.1 Å². The molecule has 1 saturated heterocycles. The first-order valence-corrected chi connectivity index (χ1v) is 9.08. The number of benzene rings is 1. The third kappa shape index (κ3) is 4.07. The lowest BCUT2D eigenvalue weighted by molar-refractivity contribution is -0.127. The Bertz CT molecular complexity index is 561. The summed E-state index contributed by atoms with van der Waals surface area (Å²) in [6.45, 7) is 2.02. The summed E-state index contributed by atoms with van der Waals surface area (Å²) < 4.78 is 0. The molecule has 4 atom stereocenters. The average Bonchev–Trinajstić information content (AvgIpc) is 3.17. The van der Waals surface area contributed by atoms with Crippen LogP contribution in [0.25, 0.3) is 0 Å². The fraction of sp³-hybridized carbons (Fsp3) is 0.632. The highest BCUT2D eigenvalue weighted by Crippen LogP contribution is 2.47. The fourth-order valence-corrected chi connectivity index (χ4v) is 4.94. The van der Waals surface area contributed by atoms with Crippen LogP contribution in [-0.4, -0.2) is 31.1 Å². The number of nitrogens with one attached hydrogen (secondary N) is 1. The van der Waals surface area contributed by atoms with Crippen molar-refractivity contribution in [3.05, 3.63) is 30.3 Å². The summed E-state index contributed by atoms with van der Waals surface area (Å²) in [5.74, 6) is 1.43. The topological polar surface area (TPSA) is 58.4 Å². The quantitative estimate of drug-likeness (QED) is 0.840. The SMILES string of the molecule is Cl.Cl.NC1C2CCC(C2)C1C(=O)NC1CCN(c2ccccc2)CC1. The zero-order valence-corrected chi connectivity index (χ0v) is 16.1. The molecule has 4 unspecified atom stereocenters. The van der Waals surface area contributed by atoms with Gasteiger partial charge in [0.1, 0.15) is 0 Å². The van der Waals surface area contributed by atoms with Gasteiger partial charge in [0.15, 0.2) is 0 Å². The molecule has 1 aromatic rings. The Hall–Kier alpha value is -0.970. The number of carbonyl (C=O) groups excluding carboxylic acids is 1. The number of nitrogens with zero attached hydrogens (tertiary/aromatic N) is 1. The number of para-hydroxylation sites is 1. The van der Waals surface area contributed by atoms with E-state index in [1.807, 2.05) is 0 Å². The number of piperidine rings is 1. The number of nitrogens with two attached hydrogens (primary N) is 1. The van der Waals surface area contributed by atoms with Crippen molar-refractivity contribution in [2.75, 3.05) is 18.0 Å². The molecule has 1 aromatic carbocycles. The molecule has 3 N–H and O–H groups in total. The van der Waals surface area contributed by atoms with Crippen molar-refractivity contribution < 1.29 is 4.79 Å². The minimum absolute atomic E-state index is 0. The Morgan fingerprint density at radius 2 is 1.64 bits per heavy atom. The minimum atomic E-state index is 0. The highest BCUT2D eigenvalue weighted by molar-refractivity contribution is 5.85. The number of amides is 1. The molecule has 25 heavy (non-hydrogen) atoms. The predicted octanol–water partition coefficient (Wildman–Crippen LogP) is 2.99. The Kier molecular flexibility index (Phi) is 7.01. The van der Waals surface area contributed by atoms with Crippen molar-refractivity contribution in [2.24, 2.45) is 23.5 Å². The van der Waals surface area contributed by atoms with E-state index in [0.29, 0.717) is 17.9 Å². The molecular formula is C19H29Cl2N3O. The maximum Gasteiger partial charge on any atom is 0.225 e. The summed E-state index contributed by atoms with van der Waals surface area (Å²) in [7, 11) is 0. The molecule has 4 nitrogen and oxygen atoms in total. The van der Waals surface area contributed by atoms with Crippen LogP contribution in [0.4, 0.5) is 5.69 Å². The van der Waals surface area contributed by atoms with Crippen molar-refractivity contribution >= 4 is 36.4 Å². The van der Waals surface area contributed by atoms with Crippen molar-refractivity contribution in [3.8, 4) is 0 Å². The first kappa shape index (κ1) is 20.3. The normalized spacial score (nSPS) is 31.2. The van der Waals surface area contributed by atoms with Crippen LogP contribution in [0, 0.1) is 17.8 Å². The van der Waals surface area contributed by atoms with E-state index in [1.165, 1.54) is 24.9 Å². The van der Waals surface area contributed by atoms with Crippen molar-refractivity contribution in [2.45, 2.75) is 44.2 Å². The lowest BCUT2D eigenvalue weighted by Crippen LogP contribution is -2.50. The van der Waals surface area contributed by atoms with E-state index in [4.69, 9.17) is 5.73 Å². The molecule has 1 heterocycles. The summed E-state index contributed by atoms with van der Waals surface area (Å²) in [5.41, 5.74) is 7.58. The third-order valence-electron chi connectivity index (χ3n) is 6.25. The molecule has 1 aliphatic heterocycles. The van der Waals surface area contributed by atoms with Gasteiger partial charge in [-0.2, -0.15) is 0 Å². The zero-order chi connectivity index (χ0) is 15.8. The lowest BCUT2D eigenvalue weighted by atomic mass is 9.84. The van der Waals surface area contributed by atoms with Crippen LogP contribution in [0.2, 0.25) is 0 Å². The average molecular weight is 386 g/mol. The molecular weight excluding hydrogens is 357 g/mol. The van der Waals surface area contributed by atoms with Crippen molar-refractivity contribution in [1.82, 2.24) is 5.32 Å². The zero-order valence-electron chi connectivity index (χ0n) is 14.5. The van der Waals surface area contributed by atoms with E-state index >= 15 is 0 Å². The van der Waals surface area contributed by atoms with Gasteiger partial charge in [-0.25, -0.2) is 0 Å². The number of rotatable bonds is 3. The second-order valence-corrected chi connectivity index (χ2v) is 7.54. The van der Waals surface area contributed by atoms with E-state index in [1.54, 1.807) is 0 Å². The molecule has 0 aromatic heterocycles. The monoisotopic (exact) mass is 385 g/mol. The molecule has 6 heteroatoms. The number of hydrogen-bond acceptors (Lipinski definition) is 3. The van der Waals surface area contributed by atoms with Crippen LogP contribution in [0.15, 0.2) is 30.3 Å². The Balaban J connectivity index is 0.00000113. The molecule has 0 radical (unpaired) electrons. The predicted molar refractivity (Wildman–Crippen MR) is 107 cm³/mol. The molecule has 2 aliphatic carbocycles. The number of fused-ring (bicyclic) bond motifs is 2. The third-order valence-corrected chi connectivity index (χ3v) is 6.25. The maximum atomic E-state index is 12.7. The second kappa shape index (κ2) is 8.61. The summed E-state index contributed by atoms with van der Waals surface area (Å²) in [4.78, 5) is 15.1. The van der Waals surface area contributed by atoms with Gasteiger partial charge in [0.25, 0.3) is 0 Å². The van der Waals surface area contributed by atoms with E-state index in [9.17, 15) is 4.79 Å². The molecule has 2 saturated carbocycles. The van der Waals surface area contributed by atoms with Crippen LogP contribution in [0.5, 0.6) is 0 Å². The van der Waals surface area contributed by atoms with Gasteiger partial charge in [0.05, 0.1) is 5.92 Å². The first-order chi connectivity index (χ1) is 11.2. The van der Waals surface area contributed by atoms with Gasteiger partial charge >= 0.3 is 0 Å². The lowest BCUT2D eigenvalue weighted by Gasteiger charge is -2.35. The standard InChI is InChI=1S/C19H27N3O.2ClH/c20-18-14-7-6-13(12-14)17(18)19(23)21-15-8-10-22(11-9-15)16-4-2-1-3-5-16;;/h1-5,13-15,17-18H,6-12,20H2,(H,21,23);2*1H. The second-order valence-electron chi connectivity index (χ2n) is 7.54. The summed E-state index contributed by atoms with van der Waals surface area (Å²) in [5, 5.41) is 3.30. The van der Waals surface area contributed by atoms with Gasteiger partial charge in [-0.3, -0.25) is 4.79 Å². The van der Waals surface area contributed by atoms with Crippen LogP contribution in [-0.2, 0) is 4.79 Å². The molecule has 3 fully saturated rings. The molecule has 0 spiro atoms. The summed E-state index contributed by atoms with van der Waals surface area (Å²) in [6.07, 6.45) is 5.65. The minimum Gasteiger partial charge on any atom is -0.371 e. The molecule has 140 valence electrons. The number of carbonyl (C=O) groups is 1. The van der Waals surface area contributed by atoms with E-state index in [0.717, 1.165) is 25.9 Å². The van der Waals surface area contributed by atoms with Gasteiger partial charge in [0, 0.05) is 30.9 Å². The van der Waals surface area contributed by atoms with Gasteiger partial charge in [-0.15, -0.1) is 24.8 Å². The van der Waals surface area contributed by atoms with Crippen LogP contribution >= 0.6 is 24.8 Å². The van der Waals surface area contributed by atoms with Gasteiger partial charge in [-0.05, 0) is 56.1 Å². The fourth-order valence-electron chi connectivity index (χ4n) is 4.94. The first-order valence-electron chi connectivity index (χ1n) is 9.08. The number of anilines is 1. The van der Waals surface area contributed by atoms with Gasteiger partial charge in [0.2, 0.25) is 5.91 Å². The van der Waals surface area contributed by atoms with E-state index in [-0.39, 0.29) is 42.7 Å².